The first-order chi connectivity index (χ1) is 7.77. The topological polar surface area (TPSA) is 18.5 Å². The summed E-state index contributed by atoms with van der Waals surface area (Å²) in [5.41, 5.74) is 0. The highest BCUT2D eigenvalue weighted by atomic mass is 15.2. The van der Waals surface area contributed by atoms with Crippen LogP contribution in [0.1, 0.15) is 32.6 Å². The lowest BCUT2D eigenvalue weighted by molar-refractivity contribution is 0.197. The number of rotatable bonds is 8. The van der Waals surface area contributed by atoms with Crippen LogP contribution < -0.4 is 5.32 Å². The van der Waals surface area contributed by atoms with E-state index in [9.17, 15) is 0 Å². The fourth-order valence-electron chi connectivity index (χ4n) is 2.65. The fourth-order valence-corrected chi connectivity index (χ4v) is 2.65. The molecule has 0 aliphatic carbocycles. The van der Waals surface area contributed by atoms with E-state index in [1.807, 2.05) is 7.05 Å². The standard InChI is InChI=1S/C13H29N3/c1-4-16-11-7-8-13(16)12-15(3)10-6-5-9-14-2/h13-14H,4-12H2,1-3H3. The Morgan fingerprint density at radius 2 is 2.19 bits per heavy atom. The average Bonchev–Trinajstić information content (AvgIpc) is 2.71. The fraction of sp³-hybridized carbons (Fsp3) is 1.00. The van der Waals surface area contributed by atoms with Crippen molar-refractivity contribution in [3.63, 3.8) is 0 Å². The number of nitrogens with one attached hydrogen (secondary N) is 1. The van der Waals surface area contributed by atoms with Crippen molar-refractivity contribution in [3.8, 4) is 0 Å². The summed E-state index contributed by atoms with van der Waals surface area (Å²) in [4.78, 5) is 5.14. The zero-order chi connectivity index (χ0) is 11.8. The van der Waals surface area contributed by atoms with Crippen LogP contribution in [0.4, 0.5) is 0 Å². The second-order valence-corrected chi connectivity index (χ2v) is 5.00. The van der Waals surface area contributed by atoms with E-state index in [4.69, 9.17) is 0 Å². The van der Waals surface area contributed by atoms with Gasteiger partial charge in [-0.3, -0.25) is 4.90 Å². The van der Waals surface area contributed by atoms with Gasteiger partial charge in [-0.15, -0.1) is 0 Å². The maximum atomic E-state index is 3.20. The Morgan fingerprint density at radius 3 is 2.88 bits per heavy atom. The lowest BCUT2D eigenvalue weighted by Crippen LogP contribution is -2.39. The third-order valence-electron chi connectivity index (χ3n) is 3.64. The minimum absolute atomic E-state index is 0.819. The van der Waals surface area contributed by atoms with Crippen LogP contribution in [0.2, 0.25) is 0 Å². The average molecular weight is 227 g/mol. The molecule has 1 aliphatic heterocycles. The zero-order valence-corrected chi connectivity index (χ0v) is 11.3. The van der Waals surface area contributed by atoms with E-state index in [1.165, 1.54) is 51.9 Å². The summed E-state index contributed by atoms with van der Waals surface area (Å²) < 4.78 is 0. The molecule has 0 radical (unpaired) electrons. The predicted molar refractivity (Wildman–Crippen MR) is 70.9 cm³/mol. The van der Waals surface area contributed by atoms with Crippen molar-refractivity contribution in [3.05, 3.63) is 0 Å². The minimum Gasteiger partial charge on any atom is -0.320 e. The van der Waals surface area contributed by atoms with Crippen LogP contribution >= 0.6 is 0 Å². The van der Waals surface area contributed by atoms with Gasteiger partial charge in [-0.25, -0.2) is 0 Å². The van der Waals surface area contributed by atoms with Gasteiger partial charge in [-0.2, -0.15) is 0 Å². The van der Waals surface area contributed by atoms with Gasteiger partial charge in [-0.1, -0.05) is 6.92 Å². The maximum absolute atomic E-state index is 3.20. The molecule has 0 aromatic carbocycles. The summed E-state index contributed by atoms with van der Waals surface area (Å²) in [7, 11) is 4.30. The van der Waals surface area contributed by atoms with Gasteiger partial charge in [0.05, 0.1) is 0 Å². The van der Waals surface area contributed by atoms with Gasteiger partial charge in [0.1, 0.15) is 0 Å². The Labute approximate surface area is 101 Å². The molecule has 3 nitrogen and oxygen atoms in total. The van der Waals surface area contributed by atoms with Crippen molar-refractivity contribution in [2.75, 3.05) is 46.8 Å². The Hall–Kier alpha value is -0.120. The Bertz CT molecular complexity index is 173. The molecule has 0 amide bonds. The smallest absolute Gasteiger partial charge is 0.0223 e. The number of hydrogen-bond acceptors (Lipinski definition) is 3. The molecule has 1 heterocycles. The quantitative estimate of drug-likeness (QED) is 0.632. The van der Waals surface area contributed by atoms with Crippen molar-refractivity contribution < 1.29 is 0 Å². The lowest BCUT2D eigenvalue weighted by Gasteiger charge is -2.27. The van der Waals surface area contributed by atoms with Crippen molar-refractivity contribution >= 4 is 0 Å². The van der Waals surface area contributed by atoms with Gasteiger partial charge in [0.2, 0.25) is 0 Å². The van der Waals surface area contributed by atoms with Crippen molar-refractivity contribution in [1.82, 2.24) is 15.1 Å². The van der Waals surface area contributed by atoms with Crippen molar-refractivity contribution in [2.45, 2.75) is 38.6 Å². The summed E-state index contributed by atoms with van der Waals surface area (Å²) >= 11 is 0. The highest BCUT2D eigenvalue weighted by molar-refractivity contribution is 4.80. The minimum atomic E-state index is 0.819. The van der Waals surface area contributed by atoms with Crippen LogP contribution in [0.25, 0.3) is 0 Å². The van der Waals surface area contributed by atoms with Gasteiger partial charge in [-0.05, 0) is 66.0 Å². The molecule has 0 saturated carbocycles. The molecule has 1 unspecified atom stereocenters. The van der Waals surface area contributed by atoms with Crippen molar-refractivity contribution in [1.29, 1.82) is 0 Å². The van der Waals surface area contributed by atoms with E-state index < -0.39 is 0 Å². The molecule has 96 valence electrons. The highest BCUT2D eigenvalue weighted by Gasteiger charge is 2.23. The second-order valence-electron chi connectivity index (χ2n) is 5.00. The first kappa shape index (κ1) is 13.9. The molecule has 1 fully saturated rings. The summed E-state index contributed by atoms with van der Waals surface area (Å²) in [6.45, 7) is 8.47. The molecule has 1 rings (SSSR count). The molecule has 1 N–H and O–H groups in total. The molecular weight excluding hydrogens is 198 g/mol. The SMILES string of the molecule is CCN1CCCC1CN(C)CCCCNC. The van der Waals surface area contributed by atoms with E-state index in [0.29, 0.717) is 0 Å². The van der Waals surface area contributed by atoms with Crippen LogP contribution in [0, 0.1) is 0 Å². The highest BCUT2D eigenvalue weighted by Crippen LogP contribution is 2.17. The van der Waals surface area contributed by atoms with E-state index in [1.54, 1.807) is 0 Å². The first-order valence-corrected chi connectivity index (χ1v) is 6.85. The number of likely N-dealkylation sites (N-methyl/N-ethyl adjacent to an activating group) is 2. The normalized spacial score (nSPS) is 22.1. The number of hydrogen-bond donors (Lipinski definition) is 1. The Morgan fingerprint density at radius 1 is 1.38 bits per heavy atom. The van der Waals surface area contributed by atoms with Crippen molar-refractivity contribution in [2.24, 2.45) is 0 Å². The third kappa shape index (κ3) is 4.81. The predicted octanol–water partition coefficient (Wildman–Crippen LogP) is 1.40. The number of likely N-dealkylation sites (tertiary alicyclic amines) is 1. The number of unbranched alkanes of at least 4 members (excludes halogenated alkanes) is 1. The van der Waals surface area contributed by atoms with Gasteiger partial charge in [0.15, 0.2) is 0 Å². The summed E-state index contributed by atoms with van der Waals surface area (Å²) in [6.07, 6.45) is 5.40. The van der Waals surface area contributed by atoms with E-state index in [0.717, 1.165) is 12.6 Å². The molecule has 16 heavy (non-hydrogen) atoms. The first-order valence-electron chi connectivity index (χ1n) is 6.85. The summed E-state index contributed by atoms with van der Waals surface area (Å²) in [6, 6.07) is 0.819. The van der Waals surface area contributed by atoms with E-state index in [-0.39, 0.29) is 0 Å². The van der Waals surface area contributed by atoms with Gasteiger partial charge in [0.25, 0.3) is 0 Å². The second kappa shape index (κ2) is 8.04. The largest absolute Gasteiger partial charge is 0.320 e. The van der Waals surface area contributed by atoms with Crippen LogP contribution in [-0.4, -0.2) is 62.7 Å². The molecule has 0 aromatic heterocycles. The van der Waals surface area contributed by atoms with E-state index >= 15 is 0 Å². The maximum Gasteiger partial charge on any atom is 0.0223 e. The lowest BCUT2D eigenvalue weighted by atomic mass is 10.2. The molecule has 0 aromatic rings. The van der Waals surface area contributed by atoms with Crippen LogP contribution in [0.15, 0.2) is 0 Å². The number of nitrogens with zero attached hydrogens (tertiary/aromatic N) is 2. The molecule has 1 atom stereocenters. The van der Waals surface area contributed by atoms with Crippen LogP contribution in [-0.2, 0) is 0 Å². The molecule has 1 saturated heterocycles. The zero-order valence-electron chi connectivity index (χ0n) is 11.3. The Kier molecular flexibility index (Phi) is 7.01. The van der Waals surface area contributed by atoms with Gasteiger partial charge >= 0.3 is 0 Å². The Balaban J connectivity index is 2.10. The summed E-state index contributed by atoms with van der Waals surface area (Å²) in [5, 5.41) is 3.20. The van der Waals surface area contributed by atoms with Gasteiger partial charge in [0, 0.05) is 12.6 Å². The molecule has 0 spiro atoms. The molecule has 3 heteroatoms. The monoisotopic (exact) mass is 227 g/mol. The molecule has 0 bridgehead atoms. The van der Waals surface area contributed by atoms with E-state index in [2.05, 4.69) is 29.1 Å². The van der Waals surface area contributed by atoms with Crippen LogP contribution in [0.5, 0.6) is 0 Å². The molecular formula is C13H29N3. The van der Waals surface area contributed by atoms with Crippen LogP contribution in [0.3, 0.4) is 0 Å². The summed E-state index contributed by atoms with van der Waals surface area (Å²) in [5.74, 6) is 0. The third-order valence-corrected chi connectivity index (χ3v) is 3.64. The van der Waals surface area contributed by atoms with Gasteiger partial charge < -0.3 is 10.2 Å². The molecule has 1 aliphatic rings.